The van der Waals surface area contributed by atoms with Gasteiger partial charge in [0, 0.05) is 18.3 Å². The van der Waals surface area contributed by atoms with Gasteiger partial charge in [0.15, 0.2) is 12.4 Å². The highest BCUT2D eigenvalue weighted by Crippen LogP contribution is 2.40. The zero-order chi connectivity index (χ0) is 13.2. The average molecular weight is 293 g/mol. The number of hydrogen-bond acceptors (Lipinski definition) is 3. The molecule has 6 heteroatoms. The van der Waals surface area contributed by atoms with Crippen molar-refractivity contribution < 1.29 is 9.78 Å². The minimum atomic E-state index is -0.0317. The van der Waals surface area contributed by atoms with Gasteiger partial charge in [0.25, 0.3) is 0 Å². The van der Waals surface area contributed by atoms with Gasteiger partial charge in [0.2, 0.25) is 5.91 Å². The van der Waals surface area contributed by atoms with Crippen LogP contribution in [0.4, 0.5) is 5.82 Å². The number of nitrogens with zero attached hydrogens (tertiary/aromatic N) is 2. The molecule has 0 spiro atoms. The Labute approximate surface area is 119 Å². The maximum atomic E-state index is 12.1. The number of amides is 1. The molecule has 0 bridgehead atoms. The molecule has 1 unspecified atom stereocenters. The number of aromatic amines is 1. The predicted molar refractivity (Wildman–Crippen MR) is 74.9 cm³/mol. The molecule has 1 aliphatic heterocycles. The summed E-state index contributed by atoms with van der Waals surface area (Å²) in [5.41, 5.74) is 1.08. The van der Waals surface area contributed by atoms with Crippen LogP contribution in [0.3, 0.4) is 0 Å². The van der Waals surface area contributed by atoms with Crippen LogP contribution in [-0.4, -0.2) is 16.6 Å². The number of thioether (sulfide) groups is 1. The summed E-state index contributed by atoms with van der Waals surface area (Å²) >= 11 is 7.43. The Kier molecular flexibility index (Phi) is 3.40. The monoisotopic (exact) mass is 292 g/mol. The van der Waals surface area contributed by atoms with Crippen molar-refractivity contribution in [1.29, 1.82) is 0 Å². The number of H-pyrrole nitrogens is 1. The van der Waals surface area contributed by atoms with Gasteiger partial charge in [-0.3, -0.25) is 9.69 Å². The van der Waals surface area contributed by atoms with E-state index in [9.17, 15) is 4.79 Å². The first-order valence-corrected chi connectivity index (χ1v) is 7.19. The number of rotatable bonds is 2. The Balaban J connectivity index is 1.97. The highest BCUT2D eigenvalue weighted by molar-refractivity contribution is 8.00. The lowest BCUT2D eigenvalue weighted by Crippen LogP contribution is -2.28. The highest BCUT2D eigenvalue weighted by atomic mass is 35.5. The number of halogens is 1. The molecule has 2 aromatic heterocycles. The van der Waals surface area contributed by atoms with Crippen LogP contribution < -0.4 is 9.88 Å². The Morgan fingerprint density at radius 1 is 1.32 bits per heavy atom. The van der Waals surface area contributed by atoms with Crippen LogP contribution in [0, 0.1) is 0 Å². The zero-order valence-electron chi connectivity index (χ0n) is 9.91. The second kappa shape index (κ2) is 5.19. The molecule has 1 atom stereocenters. The summed E-state index contributed by atoms with van der Waals surface area (Å²) in [6, 6.07) is 7.46. The van der Waals surface area contributed by atoms with Gasteiger partial charge in [-0.2, -0.15) is 0 Å². The van der Waals surface area contributed by atoms with Crippen molar-refractivity contribution in [2.45, 2.75) is 5.37 Å². The SMILES string of the molecule is O=C1CSC(c2cc[nH+]cc2)N1c1ccc(Cl)cn1. The molecule has 1 N–H and O–H groups in total. The summed E-state index contributed by atoms with van der Waals surface area (Å²) in [5.74, 6) is 1.17. The molecule has 19 heavy (non-hydrogen) atoms. The maximum absolute atomic E-state index is 12.1. The topological polar surface area (TPSA) is 47.3 Å². The van der Waals surface area contributed by atoms with Gasteiger partial charge in [-0.15, -0.1) is 11.8 Å². The van der Waals surface area contributed by atoms with Crippen LogP contribution in [0.15, 0.2) is 42.9 Å². The highest BCUT2D eigenvalue weighted by Gasteiger charge is 2.34. The minimum absolute atomic E-state index is 0.0317. The van der Waals surface area contributed by atoms with E-state index in [0.29, 0.717) is 16.6 Å². The molecule has 3 rings (SSSR count). The van der Waals surface area contributed by atoms with Crippen LogP contribution in [0.25, 0.3) is 0 Å². The largest absolute Gasteiger partial charge is 0.279 e. The third-order valence-electron chi connectivity index (χ3n) is 2.86. The van der Waals surface area contributed by atoms with Crippen LogP contribution in [-0.2, 0) is 4.79 Å². The van der Waals surface area contributed by atoms with Crippen molar-refractivity contribution in [1.82, 2.24) is 4.98 Å². The van der Waals surface area contributed by atoms with Crippen molar-refractivity contribution in [2.75, 3.05) is 10.7 Å². The Morgan fingerprint density at radius 3 is 2.79 bits per heavy atom. The molecular weight excluding hydrogens is 282 g/mol. The number of pyridine rings is 2. The second-order valence-corrected chi connectivity index (χ2v) is 5.60. The molecule has 96 valence electrons. The van der Waals surface area contributed by atoms with Gasteiger partial charge in [0.1, 0.15) is 11.2 Å². The standard InChI is InChI=1S/C13H10ClN3OS/c14-10-1-2-11(16-7-10)17-12(18)8-19-13(17)9-3-5-15-6-4-9/h1-7,13H,8H2/p+1. The molecule has 0 saturated carbocycles. The Bertz CT molecular complexity index is 591. The molecule has 4 nitrogen and oxygen atoms in total. The first-order valence-electron chi connectivity index (χ1n) is 5.77. The molecule has 2 aromatic rings. The third kappa shape index (κ3) is 2.43. The van der Waals surface area contributed by atoms with E-state index in [0.717, 1.165) is 5.56 Å². The normalized spacial score (nSPS) is 18.9. The van der Waals surface area contributed by atoms with Crippen molar-refractivity contribution in [3.63, 3.8) is 0 Å². The van der Waals surface area contributed by atoms with E-state index in [1.807, 2.05) is 24.5 Å². The van der Waals surface area contributed by atoms with Crippen molar-refractivity contribution in [2.24, 2.45) is 0 Å². The summed E-state index contributed by atoms with van der Waals surface area (Å²) in [6.07, 6.45) is 5.27. The first-order chi connectivity index (χ1) is 9.25. The molecule has 3 heterocycles. The van der Waals surface area contributed by atoms with Gasteiger partial charge < -0.3 is 0 Å². The Hall–Kier alpha value is -1.59. The maximum Gasteiger partial charge on any atom is 0.239 e. The lowest BCUT2D eigenvalue weighted by atomic mass is 10.2. The van der Waals surface area contributed by atoms with Crippen LogP contribution in [0.5, 0.6) is 0 Å². The van der Waals surface area contributed by atoms with Gasteiger partial charge in [0.05, 0.1) is 10.8 Å². The summed E-state index contributed by atoms with van der Waals surface area (Å²) in [6.45, 7) is 0. The molecule has 0 aliphatic carbocycles. The van der Waals surface area contributed by atoms with E-state index in [1.54, 1.807) is 35.0 Å². The first kappa shape index (κ1) is 12.4. The summed E-state index contributed by atoms with van der Waals surface area (Å²) < 4.78 is 0. The van der Waals surface area contributed by atoms with Gasteiger partial charge >= 0.3 is 0 Å². The van der Waals surface area contributed by atoms with Crippen molar-refractivity contribution in [3.8, 4) is 0 Å². The quantitative estimate of drug-likeness (QED) is 0.853. The fourth-order valence-electron chi connectivity index (χ4n) is 1.99. The number of hydrogen-bond donors (Lipinski definition) is 0. The van der Waals surface area contributed by atoms with E-state index < -0.39 is 0 Å². The Morgan fingerprint density at radius 2 is 2.11 bits per heavy atom. The van der Waals surface area contributed by atoms with E-state index in [1.165, 1.54) is 0 Å². The molecule has 0 aromatic carbocycles. The number of carbonyl (C=O) groups is 1. The van der Waals surface area contributed by atoms with E-state index in [-0.39, 0.29) is 11.3 Å². The van der Waals surface area contributed by atoms with Crippen LogP contribution in [0.2, 0.25) is 5.02 Å². The third-order valence-corrected chi connectivity index (χ3v) is 4.29. The predicted octanol–water partition coefficient (Wildman–Crippen LogP) is 2.33. The zero-order valence-corrected chi connectivity index (χ0v) is 11.5. The second-order valence-electron chi connectivity index (χ2n) is 4.10. The minimum Gasteiger partial charge on any atom is -0.279 e. The lowest BCUT2D eigenvalue weighted by Gasteiger charge is -2.22. The van der Waals surface area contributed by atoms with E-state index >= 15 is 0 Å². The van der Waals surface area contributed by atoms with Crippen molar-refractivity contribution in [3.05, 3.63) is 53.4 Å². The van der Waals surface area contributed by atoms with E-state index in [2.05, 4.69) is 9.97 Å². The number of aromatic nitrogens is 2. The number of carbonyl (C=O) groups excluding carboxylic acids is 1. The fourth-order valence-corrected chi connectivity index (χ4v) is 3.27. The lowest BCUT2D eigenvalue weighted by molar-refractivity contribution is -0.378. The van der Waals surface area contributed by atoms with Gasteiger partial charge in [-0.05, 0) is 17.7 Å². The van der Waals surface area contributed by atoms with Gasteiger partial charge in [-0.25, -0.2) is 9.97 Å². The van der Waals surface area contributed by atoms with Crippen molar-refractivity contribution >= 4 is 35.1 Å². The fraction of sp³-hybridized carbons (Fsp3) is 0.154. The summed E-state index contributed by atoms with van der Waals surface area (Å²) in [5, 5.41) is 0.532. The summed E-state index contributed by atoms with van der Waals surface area (Å²) in [7, 11) is 0. The van der Waals surface area contributed by atoms with Crippen LogP contribution in [0.1, 0.15) is 10.9 Å². The average Bonchev–Trinajstić information content (AvgIpc) is 2.83. The molecule has 1 saturated heterocycles. The number of anilines is 1. The molecule has 1 aliphatic rings. The van der Waals surface area contributed by atoms with Gasteiger partial charge in [-0.1, -0.05) is 11.6 Å². The molecule has 1 amide bonds. The number of nitrogens with one attached hydrogen (secondary N) is 1. The summed E-state index contributed by atoms with van der Waals surface area (Å²) in [4.78, 5) is 21.0. The molecular formula is C13H11ClN3OS+. The smallest absolute Gasteiger partial charge is 0.239 e. The van der Waals surface area contributed by atoms with Crippen LogP contribution >= 0.6 is 23.4 Å². The molecule has 1 fully saturated rings. The molecule has 0 radical (unpaired) electrons. The van der Waals surface area contributed by atoms with E-state index in [4.69, 9.17) is 11.6 Å².